The molecule has 1 amide bonds. The number of amides is 1. The summed E-state index contributed by atoms with van der Waals surface area (Å²) >= 11 is 0. The summed E-state index contributed by atoms with van der Waals surface area (Å²) in [6.07, 6.45) is 2.27. The van der Waals surface area contributed by atoms with Gasteiger partial charge in [0.2, 0.25) is 11.9 Å². The average molecular weight is 384 g/mol. The van der Waals surface area contributed by atoms with Gasteiger partial charge in [-0.15, -0.1) is 0 Å². The SMILES string of the molecule is CN(C)c1nc(CNC(=O)c2cccc3c2OCCO3)nc(N2CCCC2)n1. The smallest absolute Gasteiger partial charge is 0.255 e. The number of para-hydroxylation sites is 1. The molecule has 1 saturated heterocycles. The molecule has 3 heterocycles. The molecule has 1 aromatic carbocycles. The van der Waals surface area contributed by atoms with Gasteiger partial charge >= 0.3 is 0 Å². The van der Waals surface area contributed by atoms with Gasteiger partial charge in [0.25, 0.3) is 5.91 Å². The molecule has 1 aromatic heterocycles. The van der Waals surface area contributed by atoms with Gasteiger partial charge in [0.1, 0.15) is 13.2 Å². The fraction of sp³-hybridized carbons (Fsp3) is 0.474. The van der Waals surface area contributed by atoms with Crippen LogP contribution in [0.5, 0.6) is 11.5 Å². The fourth-order valence-electron chi connectivity index (χ4n) is 3.24. The normalized spacial score (nSPS) is 15.4. The van der Waals surface area contributed by atoms with Gasteiger partial charge in [0.15, 0.2) is 17.3 Å². The molecule has 9 nitrogen and oxygen atoms in total. The van der Waals surface area contributed by atoms with Crippen molar-refractivity contribution >= 4 is 17.8 Å². The van der Waals surface area contributed by atoms with E-state index in [4.69, 9.17) is 9.47 Å². The predicted molar refractivity (Wildman–Crippen MR) is 104 cm³/mol. The second-order valence-corrected chi connectivity index (χ2v) is 6.95. The van der Waals surface area contributed by atoms with E-state index in [1.165, 1.54) is 0 Å². The van der Waals surface area contributed by atoms with E-state index in [1.807, 2.05) is 19.0 Å². The van der Waals surface area contributed by atoms with Crippen molar-refractivity contribution in [1.82, 2.24) is 20.3 Å². The second kappa shape index (κ2) is 7.87. The Hall–Kier alpha value is -3.10. The molecule has 148 valence electrons. The van der Waals surface area contributed by atoms with Crippen molar-refractivity contribution in [1.29, 1.82) is 0 Å². The van der Waals surface area contributed by atoms with Crippen LogP contribution in [0.4, 0.5) is 11.9 Å². The first-order valence-corrected chi connectivity index (χ1v) is 9.46. The van der Waals surface area contributed by atoms with Gasteiger partial charge in [-0.3, -0.25) is 4.79 Å². The Bertz CT molecular complexity index is 867. The fourth-order valence-corrected chi connectivity index (χ4v) is 3.24. The highest BCUT2D eigenvalue weighted by atomic mass is 16.6. The number of ether oxygens (including phenoxy) is 2. The Morgan fingerprint density at radius 3 is 2.71 bits per heavy atom. The molecule has 1 N–H and O–H groups in total. The number of carbonyl (C=O) groups is 1. The van der Waals surface area contributed by atoms with Gasteiger partial charge in [-0.2, -0.15) is 15.0 Å². The van der Waals surface area contributed by atoms with E-state index in [9.17, 15) is 4.79 Å². The summed E-state index contributed by atoms with van der Waals surface area (Å²) in [4.78, 5) is 30.3. The Morgan fingerprint density at radius 2 is 1.93 bits per heavy atom. The van der Waals surface area contributed by atoms with E-state index >= 15 is 0 Å². The number of nitrogens with zero attached hydrogens (tertiary/aromatic N) is 5. The largest absolute Gasteiger partial charge is 0.486 e. The van der Waals surface area contributed by atoms with E-state index in [0.717, 1.165) is 25.9 Å². The zero-order chi connectivity index (χ0) is 19.5. The predicted octanol–water partition coefficient (Wildman–Crippen LogP) is 1.24. The zero-order valence-electron chi connectivity index (χ0n) is 16.1. The van der Waals surface area contributed by atoms with Gasteiger partial charge < -0.3 is 24.6 Å². The topological polar surface area (TPSA) is 92.7 Å². The van der Waals surface area contributed by atoms with Crippen molar-refractivity contribution in [3.05, 3.63) is 29.6 Å². The summed E-state index contributed by atoms with van der Waals surface area (Å²) in [7, 11) is 3.78. The van der Waals surface area contributed by atoms with Crippen LogP contribution >= 0.6 is 0 Å². The van der Waals surface area contributed by atoms with Crippen LogP contribution in [0.15, 0.2) is 18.2 Å². The van der Waals surface area contributed by atoms with E-state index in [1.54, 1.807) is 18.2 Å². The first-order chi connectivity index (χ1) is 13.6. The van der Waals surface area contributed by atoms with Crippen LogP contribution in [0.3, 0.4) is 0 Å². The molecule has 0 unspecified atom stereocenters. The summed E-state index contributed by atoms with van der Waals surface area (Å²) in [6, 6.07) is 5.29. The van der Waals surface area contributed by atoms with Gasteiger partial charge in [-0.1, -0.05) is 6.07 Å². The van der Waals surface area contributed by atoms with Crippen molar-refractivity contribution in [2.45, 2.75) is 19.4 Å². The van der Waals surface area contributed by atoms with Crippen LogP contribution in [0.2, 0.25) is 0 Å². The monoisotopic (exact) mass is 384 g/mol. The summed E-state index contributed by atoms with van der Waals surface area (Å²) < 4.78 is 11.2. The Balaban J connectivity index is 1.52. The highest BCUT2D eigenvalue weighted by molar-refractivity contribution is 5.97. The van der Waals surface area contributed by atoms with Crippen LogP contribution < -0.4 is 24.6 Å². The molecule has 0 atom stereocenters. The number of benzene rings is 1. The molecule has 2 aromatic rings. The number of fused-ring (bicyclic) bond motifs is 1. The summed E-state index contributed by atoms with van der Waals surface area (Å²) in [5, 5.41) is 2.89. The maximum atomic E-state index is 12.7. The lowest BCUT2D eigenvalue weighted by atomic mass is 10.1. The minimum Gasteiger partial charge on any atom is -0.486 e. The molecule has 0 saturated carbocycles. The lowest BCUT2D eigenvalue weighted by molar-refractivity contribution is 0.0938. The lowest BCUT2D eigenvalue weighted by Gasteiger charge is -2.21. The molecule has 2 aliphatic rings. The number of hydrogen-bond acceptors (Lipinski definition) is 8. The van der Waals surface area contributed by atoms with Gasteiger partial charge in [0.05, 0.1) is 12.1 Å². The van der Waals surface area contributed by atoms with Gasteiger partial charge in [-0.05, 0) is 25.0 Å². The average Bonchev–Trinajstić information content (AvgIpc) is 3.26. The van der Waals surface area contributed by atoms with Crippen LogP contribution in [0, 0.1) is 0 Å². The first-order valence-electron chi connectivity index (χ1n) is 9.46. The third-order valence-electron chi connectivity index (χ3n) is 4.66. The Kier molecular flexibility index (Phi) is 5.14. The molecular formula is C19H24N6O3. The van der Waals surface area contributed by atoms with Crippen LogP contribution in [-0.2, 0) is 6.54 Å². The number of nitrogens with one attached hydrogen (secondary N) is 1. The molecule has 0 radical (unpaired) electrons. The van der Waals surface area contributed by atoms with E-state index in [-0.39, 0.29) is 12.5 Å². The van der Waals surface area contributed by atoms with Crippen molar-refractivity contribution in [2.24, 2.45) is 0 Å². The second-order valence-electron chi connectivity index (χ2n) is 6.95. The highest BCUT2D eigenvalue weighted by Gasteiger charge is 2.21. The molecule has 1 fully saturated rings. The minimum absolute atomic E-state index is 0.202. The molecular weight excluding hydrogens is 360 g/mol. The van der Waals surface area contributed by atoms with E-state index in [0.29, 0.717) is 48.0 Å². The highest BCUT2D eigenvalue weighted by Crippen LogP contribution is 2.33. The van der Waals surface area contributed by atoms with Crippen molar-refractivity contribution in [2.75, 3.05) is 50.2 Å². The number of hydrogen-bond donors (Lipinski definition) is 1. The number of anilines is 2. The van der Waals surface area contributed by atoms with Crippen LogP contribution in [0.25, 0.3) is 0 Å². The standard InChI is InChI=1S/C19H24N6O3/c1-24(2)18-21-15(22-19(23-18)25-8-3-4-9-25)12-20-17(26)13-6-5-7-14-16(13)28-11-10-27-14/h5-7H,3-4,8-12H2,1-2H3,(H,20,26). The number of carbonyl (C=O) groups excluding carboxylic acids is 1. The summed E-state index contributed by atoms with van der Waals surface area (Å²) in [5.74, 6) is 2.58. The molecule has 9 heteroatoms. The zero-order valence-corrected chi connectivity index (χ0v) is 16.1. The summed E-state index contributed by atoms with van der Waals surface area (Å²) in [5.41, 5.74) is 0.443. The third kappa shape index (κ3) is 3.78. The quantitative estimate of drug-likeness (QED) is 0.823. The van der Waals surface area contributed by atoms with Gasteiger partial charge in [0, 0.05) is 27.2 Å². The molecule has 0 aliphatic carbocycles. The summed E-state index contributed by atoms with van der Waals surface area (Å²) in [6.45, 7) is 2.99. The molecule has 28 heavy (non-hydrogen) atoms. The first kappa shape index (κ1) is 18.3. The molecule has 0 spiro atoms. The lowest BCUT2D eigenvalue weighted by Crippen LogP contribution is -2.28. The van der Waals surface area contributed by atoms with Crippen molar-refractivity contribution < 1.29 is 14.3 Å². The van der Waals surface area contributed by atoms with Crippen molar-refractivity contribution in [3.63, 3.8) is 0 Å². The number of rotatable bonds is 5. The molecule has 2 aliphatic heterocycles. The van der Waals surface area contributed by atoms with Crippen LogP contribution in [0.1, 0.15) is 29.0 Å². The Labute approximate surface area is 163 Å². The maximum absolute atomic E-state index is 12.7. The molecule has 4 rings (SSSR count). The maximum Gasteiger partial charge on any atom is 0.255 e. The third-order valence-corrected chi connectivity index (χ3v) is 4.66. The number of aromatic nitrogens is 3. The molecule has 0 bridgehead atoms. The van der Waals surface area contributed by atoms with Crippen LogP contribution in [-0.4, -0.2) is 61.3 Å². The minimum atomic E-state index is -0.253. The van der Waals surface area contributed by atoms with Gasteiger partial charge in [-0.25, -0.2) is 0 Å². The Morgan fingerprint density at radius 1 is 1.14 bits per heavy atom. The van der Waals surface area contributed by atoms with Crippen molar-refractivity contribution in [3.8, 4) is 11.5 Å². The van der Waals surface area contributed by atoms with E-state index < -0.39 is 0 Å². The van der Waals surface area contributed by atoms with E-state index in [2.05, 4.69) is 25.2 Å².